The Labute approximate surface area is 155 Å². The van der Waals surface area contributed by atoms with Gasteiger partial charge in [-0.2, -0.15) is 0 Å². The molecule has 0 amide bonds. The Hall–Kier alpha value is -2.33. The van der Waals surface area contributed by atoms with E-state index >= 15 is 0 Å². The van der Waals surface area contributed by atoms with Crippen molar-refractivity contribution in [1.29, 1.82) is 0 Å². The van der Waals surface area contributed by atoms with Gasteiger partial charge in [0.05, 0.1) is 12.0 Å². The number of likely N-dealkylation sites (tertiary alicyclic amines) is 1. The van der Waals surface area contributed by atoms with E-state index in [4.69, 9.17) is 4.74 Å². The number of H-pyrrole nitrogens is 1. The maximum Gasteiger partial charge on any atom is 0.141 e. The zero-order valence-corrected chi connectivity index (χ0v) is 15.9. The highest BCUT2D eigenvalue weighted by atomic mass is 16.5. The molecule has 26 heavy (non-hydrogen) atoms. The normalized spacial score (nSPS) is 17.5. The molecule has 0 atom stereocenters. The van der Waals surface area contributed by atoms with Crippen molar-refractivity contribution in [2.45, 2.75) is 26.7 Å². The number of rotatable bonds is 4. The van der Waals surface area contributed by atoms with Gasteiger partial charge < -0.3 is 14.6 Å². The number of aromatic nitrogens is 2. The Morgan fingerprint density at radius 2 is 1.88 bits per heavy atom. The van der Waals surface area contributed by atoms with Crippen molar-refractivity contribution in [1.82, 2.24) is 14.9 Å². The second-order valence-corrected chi connectivity index (χ2v) is 8.00. The van der Waals surface area contributed by atoms with Crippen molar-refractivity contribution >= 4 is 11.0 Å². The van der Waals surface area contributed by atoms with Crippen molar-refractivity contribution in [2.75, 3.05) is 26.7 Å². The summed E-state index contributed by atoms with van der Waals surface area (Å²) in [5.41, 5.74) is 4.72. The number of aryl methyl sites for hydroxylation is 1. The number of benzene rings is 1. The number of hydrogen-bond acceptors (Lipinski definition) is 3. The first-order valence-electron chi connectivity index (χ1n) is 9.39. The van der Waals surface area contributed by atoms with Gasteiger partial charge in [0.25, 0.3) is 0 Å². The van der Waals surface area contributed by atoms with Crippen LogP contribution in [0.2, 0.25) is 0 Å². The third-order valence-corrected chi connectivity index (χ3v) is 5.67. The largest absolute Gasteiger partial charge is 0.492 e. The zero-order valence-electron chi connectivity index (χ0n) is 15.9. The van der Waals surface area contributed by atoms with Gasteiger partial charge in [-0.1, -0.05) is 36.8 Å². The second kappa shape index (κ2) is 6.76. The van der Waals surface area contributed by atoms with Gasteiger partial charge in [0.1, 0.15) is 11.4 Å². The van der Waals surface area contributed by atoms with Gasteiger partial charge in [-0.25, -0.2) is 4.98 Å². The number of pyridine rings is 1. The molecule has 3 heterocycles. The van der Waals surface area contributed by atoms with Gasteiger partial charge in [0.2, 0.25) is 0 Å². The van der Waals surface area contributed by atoms with Crippen molar-refractivity contribution in [3.05, 3.63) is 48.3 Å². The van der Waals surface area contributed by atoms with E-state index in [1.807, 2.05) is 18.5 Å². The lowest BCUT2D eigenvalue weighted by Crippen LogP contribution is -2.39. The number of aromatic amines is 1. The fraction of sp³-hybridized carbons (Fsp3) is 0.409. The molecular weight excluding hydrogens is 322 g/mol. The maximum absolute atomic E-state index is 6.36. The summed E-state index contributed by atoms with van der Waals surface area (Å²) in [4.78, 5) is 10.2. The lowest BCUT2D eigenvalue weighted by molar-refractivity contribution is 0.0811. The third-order valence-electron chi connectivity index (χ3n) is 5.67. The molecular formula is C22H27N3O. The first-order valence-corrected chi connectivity index (χ1v) is 9.39. The summed E-state index contributed by atoms with van der Waals surface area (Å²) in [6.07, 6.45) is 6.21. The third kappa shape index (κ3) is 3.34. The topological polar surface area (TPSA) is 41.1 Å². The van der Waals surface area contributed by atoms with Gasteiger partial charge in [0, 0.05) is 23.4 Å². The molecule has 2 aromatic heterocycles. The van der Waals surface area contributed by atoms with E-state index in [-0.39, 0.29) is 5.41 Å². The molecule has 1 N–H and O–H groups in total. The molecule has 4 rings (SSSR count). The predicted octanol–water partition coefficient (Wildman–Crippen LogP) is 4.65. The average molecular weight is 349 g/mol. The average Bonchev–Trinajstić information content (AvgIpc) is 3.08. The molecule has 0 saturated carbocycles. The van der Waals surface area contributed by atoms with E-state index in [1.54, 1.807) is 0 Å². The molecule has 136 valence electrons. The molecule has 1 fully saturated rings. The summed E-state index contributed by atoms with van der Waals surface area (Å²) in [5, 5.41) is 1.08. The Balaban J connectivity index is 1.63. The summed E-state index contributed by atoms with van der Waals surface area (Å²) in [5.74, 6) is 0.923. The Kier molecular flexibility index (Phi) is 4.45. The second-order valence-electron chi connectivity index (χ2n) is 8.00. The minimum absolute atomic E-state index is 0.239. The predicted molar refractivity (Wildman–Crippen MR) is 107 cm³/mol. The van der Waals surface area contributed by atoms with Crippen molar-refractivity contribution < 1.29 is 4.74 Å². The quantitative estimate of drug-likeness (QED) is 0.745. The molecule has 0 unspecified atom stereocenters. The summed E-state index contributed by atoms with van der Waals surface area (Å²) >= 11 is 0. The lowest BCUT2D eigenvalue weighted by Gasteiger charge is -2.37. The fourth-order valence-corrected chi connectivity index (χ4v) is 3.66. The fourth-order valence-electron chi connectivity index (χ4n) is 3.66. The molecule has 0 radical (unpaired) electrons. The summed E-state index contributed by atoms with van der Waals surface area (Å²) in [7, 11) is 2.19. The maximum atomic E-state index is 6.36. The molecule has 0 spiro atoms. The first kappa shape index (κ1) is 17.1. The van der Waals surface area contributed by atoms with Crippen molar-refractivity contribution in [3.8, 4) is 16.9 Å². The van der Waals surface area contributed by atoms with Crippen LogP contribution in [0.1, 0.15) is 25.3 Å². The van der Waals surface area contributed by atoms with Crippen LogP contribution >= 0.6 is 0 Å². The van der Waals surface area contributed by atoms with Crippen molar-refractivity contribution in [2.24, 2.45) is 5.41 Å². The highest BCUT2D eigenvalue weighted by Crippen LogP contribution is 2.37. The van der Waals surface area contributed by atoms with Crippen LogP contribution in [-0.4, -0.2) is 41.6 Å². The zero-order chi connectivity index (χ0) is 18.1. The molecule has 1 saturated heterocycles. The Morgan fingerprint density at radius 3 is 2.62 bits per heavy atom. The molecule has 1 aliphatic heterocycles. The van der Waals surface area contributed by atoms with Crippen LogP contribution in [0, 0.1) is 12.3 Å². The minimum Gasteiger partial charge on any atom is -0.492 e. The first-order chi connectivity index (χ1) is 12.5. The standard InChI is InChI=1S/C22H27N3O/c1-16-4-6-17(7-5-16)18-14-24-21-20(18)19(8-11-23-21)26-15-22(2)9-12-25(3)13-10-22/h4-8,11,14H,9-10,12-13,15H2,1-3H3,(H,23,24). The Morgan fingerprint density at radius 1 is 1.15 bits per heavy atom. The summed E-state index contributed by atoms with van der Waals surface area (Å²) in [6, 6.07) is 10.6. The molecule has 0 aliphatic carbocycles. The van der Waals surface area contributed by atoms with E-state index in [2.05, 4.69) is 60.0 Å². The highest BCUT2D eigenvalue weighted by Gasteiger charge is 2.30. The smallest absolute Gasteiger partial charge is 0.141 e. The molecule has 1 aromatic carbocycles. The monoisotopic (exact) mass is 349 g/mol. The lowest BCUT2D eigenvalue weighted by atomic mass is 9.81. The number of piperidine rings is 1. The van der Waals surface area contributed by atoms with Gasteiger partial charge >= 0.3 is 0 Å². The van der Waals surface area contributed by atoms with E-state index in [0.717, 1.165) is 42.0 Å². The number of nitrogens with zero attached hydrogens (tertiary/aromatic N) is 2. The minimum atomic E-state index is 0.239. The molecule has 1 aliphatic rings. The van der Waals surface area contributed by atoms with Crippen LogP contribution in [0.5, 0.6) is 5.75 Å². The SMILES string of the molecule is Cc1ccc(-c2c[nH]c3nccc(OCC4(C)CCN(C)CC4)c23)cc1. The van der Waals surface area contributed by atoms with Crippen LogP contribution in [0.3, 0.4) is 0 Å². The van der Waals surface area contributed by atoms with Gasteiger partial charge in [-0.05, 0) is 51.5 Å². The number of ether oxygens (including phenoxy) is 1. The number of nitrogens with one attached hydrogen (secondary N) is 1. The van der Waals surface area contributed by atoms with E-state index < -0.39 is 0 Å². The number of hydrogen-bond donors (Lipinski definition) is 1. The van der Waals surface area contributed by atoms with Crippen LogP contribution in [-0.2, 0) is 0 Å². The van der Waals surface area contributed by atoms with E-state index in [9.17, 15) is 0 Å². The van der Waals surface area contributed by atoms with Gasteiger partial charge in [-0.3, -0.25) is 0 Å². The number of fused-ring (bicyclic) bond motifs is 1. The van der Waals surface area contributed by atoms with Crippen molar-refractivity contribution in [3.63, 3.8) is 0 Å². The van der Waals surface area contributed by atoms with E-state index in [0.29, 0.717) is 0 Å². The summed E-state index contributed by atoms with van der Waals surface area (Å²) < 4.78 is 6.36. The van der Waals surface area contributed by atoms with E-state index in [1.165, 1.54) is 24.0 Å². The highest BCUT2D eigenvalue weighted by molar-refractivity contribution is 5.98. The van der Waals surface area contributed by atoms with Gasteiger partial charge in [0.15, 0.2) is 0 Å². The van der Waals surface area contributed by atoms with Gasteiger partial charge in [-0.15, -0.1) is 0 Å². The molecule has 4 heteroatoms. The van der Waals surface area contributed by atoms with Crippen LogP contribution in [0.4, 0.5) is 0 Å². The summed E-state index contributed by atoms with van der Waals surface area (Å²) in [6.45, 7) is 7.49. The van der Waals surface area contributed by atoms with Crippen LogP contribution in [0.15, 0.2) is 42.7 Å². The molecule has 4 nitrogen and oxygen atoms in total. The molecule has 3 aromatic rings. The molecule has 0 bridgehead atoms. The Bertz CT molecular complexity index is 889. The van der Waals surface area contributed by atoms with Crippen LogP contribution in [0.25, 0.3) is 22.2 Å². The van der Waals surface area contributed by atoms with Crippen LogP contribution < -0.4 is 4.74 Å².